The number of fused-ring (bicyclic) bond motifs is 2. The van der Waals surface area contributed by atoms with E-state index < -0.39 is 0 Å². The SMILES string of the molecule is CNC1CN(c2cc([C@H]3C[C@H]4CC[C@H]3C4)nc(N)n2)C1. The van der Waals surface area contributed by atoms with Crippen LogP contribution in [-0.2, 0) is 0 Å². The lowest BCUT2D eigenvalue weighted by atomic mass is 9.86. The van der Waals surface area contributed by atoms with Gasteiger partial charge < -0.3 is 16.0 Å². The first kappa shape index (κ1) is 12.4. The van der Waals surface area contributed by atoms with E-state index in [1.54, 1.807) is 0 Å². The average molecular weight is 273 g/mol. The van der Waals surface area contributed by atoms with Gasteiger partial charge in [-0.05, 0) is 38.1 Å². The zero-order chi connectivity index (χ0) is 13.7. The zero-order valence-electron chi connectivity index (χ0n) is 12.0. The Morgan fingerprint density at radius 2 is 2.10 bits per heavy atom. The molecule has 1 aromatic heterocycles. The van der Waals surface area contributed by atoms with Crippen molar-refractivity contribution >= 4 is 11.8 Å². The van der Waals surface area contributed by atoms with Crippen molar-refractivity contribution in [3.63, 3.8) is 0 Å². The number of nitrogens with two attached hydrogens (primary N) is 1. The summed E-state index contributed by atoms with van der Waals surface area (Å²) in [6.45, 7) is 2.03. The molecule has 3 atom stereocenters. The number of hydrogen-bond donors (Lipinski definition) is 2. The van der Waals surface area contributed by atoms with E-state index in [1.807, 2.05) is 7.05 Å². The van der Waals surface area contributed by atoms with Crippen LogP contribution in [0.3, 0.4) is 0 Å². The summed E-state index contributed by atoms with van der Waals surface area (Å²) in [6, 6.07) is 2.77. The van der Waals surface area contributed by atoms with Crippen LogP contribution in [0, 0.1) is 11.8 Å². The Labute approximate surface area is 120 Å². The van der Waals surface area contributed by atoms with Gasteiger partial charge in [0.1, 0.15) is 5.82 Å². The molecule has 1 saturated heterocycles. The number of hydrogen-bond acceptors (Lipinski definition) is 5. The maximum Gasteiger partial charge on any atom is 0.222 e. The number of nitrogens with zero attached hydrogens (tertiary/aromatic N) is 3. The van der Waals surface area contributed by atoms with Crippen LogP contribution in [0.4, 0.5) is 11.8 Å². The van der Waals surface area contributed by atoms with E-state index in [4.69, 9.17) is 5.73 Å². The molecule has 3 aliphatic rings. The molecule has 1 aromatic rings. The molecule has 3 N–H and O–H groups in total. The zero-order valence-corrected chi connectivity index (χ0v) is 12.0. The Morgan fingerprint density at radius 1 is 1.25 bits per heavy atom. The fourth-order valence-electron chi connectivity index (χ4n) is 4.28. The molecule has 3 fully saturated rings. The summed E-state index contributed by atoms with van der Waals surface area (Å²) in [5.74, 6) is 3.85. The highest BCUT2D eigenvalue weighted by atomic mass is 15.3. The number of nitrogens with one attached hydrogen (secondary N) is 1. The van der Waals surface area contributed by atoms with Crippen LogP contribution in [-0.4, -0.2) is 36.1 Å². The topological polar surface area (TPSA) is 67.1 Å². The molecule has 108 valence electrons. The summed E-state index contributed by atoms with van der Waals surface area (Å²) in [6.07, 6.45) is 5.50. The average Bonchev–Trinajstić information content (AvgIpc) is 2.99. The molecule has 5 heteroatoms. The first-order valence-corrected chi connectivity index (χ1v) is 7.79. The van der Waals surface area contributed by atoms with Crippen molar-refractivity contribution in [2.75, 3.05) is 30.8 Å². The normalized spacial score (nSPS) is 32.6. The monoisotopic (exact) mass is 273 g/mol. The van der Waals surface area contributed by atoms with Gasteiger partial charge in [-0.2, -0.15) is 4.98 Å². The molecule has 20 heavy (non-hydrogen) atoms. The van der Waals surface area contributed by atoms with E-state index in [-0.39, 0.29) is 0 Å². The van der Waals surface area contributed by atoms with Crippen LogP contribution in [0.25, 0.3) is 0 Å². The summed E-state index contributed by atoms with van der Waals surface area (Å²) in [7, 11) is 2.01. The Hall–Kier alpha value is -1.36. The fourth-order valence-corrected chi connectivity index (χ4v) is 4.28. The van der Waals surface area contributed by atoms with Gasteiger partial charge in [-0.3, -0.25) is 0 Å². The van der Waals surface area contributed by atoms with E-state index in [1.165, 1.54) is 31.4 Å². The van der Waals surface area contributed by atoms with Crippen LogP contribution in [0.1, 0.15) is 37.3 Å². The third-order valence-corrected chi connectivity index (χ3v) is 5.48. The van der Waals surface area contributed by atoms with Gasteiger partial charge in [-0.25, -0.2) is 4.98 Å². The van der Waals surface area contributed by atoms with Gasteiger partial charge in [0.25, 0.3) is 0 Å². The highest BCUT2D eigenvalue weighted by molar-refractivity contribution is 5.47. The molecule has 0 radical (unpaired) electrons. The summed E-state index contributed by atoms with van der Waals surface area (Å²) in [5.41, 5.74) is 7.13. The molecule has 0 spiro atoms. The molecule has 2 heterocycles. The van der Waals surface area contributed by atoms with E-state index >= 15 is 0 Å². The minimum absolute atomic E-state index is 0.438. The second-order valence-electron chi connectivity index (χ2n) is 6.68. The van der Waals surface area contributed by atoms with Gasteiger partial charge in [0.2, 0.25) is 5.95 Å². The molecular formula is C15H23N5. The summed E-state index contributed by atoms with van der Waals surface area (Å²) in [4.78, 5) is 11.2. The largest absolute Gasteiger partial charge is 0.368 e. The Morgan fingerprint density at radius 3 is 2.75 bits per heavy atom. The van der Waals surface area contributed by atoms with Crippen LogP contribution < -0.4 is 16.0 Å². The molecule has 2 bridgehead atoms. The molecule has 1 aliphatic heterocycles. The van der Waals surface area contributed by atoms with Crippen molar-refractivity contribution in [3.05, 3.63) is 11.8 Å². The molecule has 0 aromatic carbocycles. The van der Waals surface area contributed by atoms with Gasteiger partial charge in [-0.15, -0.1) is 0 Å². The maximum absolute atomic E-state index is 5.94. The number of anilines is 2. The third-order valence-electron chi connectivity index (χ3n) is 5.48. The van der Waals surface area contributed by atoms with Crippen LogP contribution in [0.2, 0.25) is 0 Å². The lowest BCUT2D eigenvalue weighted by Gasteiger charge is -2.40. The third kappa shape index (κ3) is 1.95. The molecule has 0 amide bonds. The minimum Gasteiger partial charge on any atom is -0.368 e. The number of likely N-dealkylation sites (N-methyl/N-ethyl adjacent to an activating group) is 1. The fraction of sp³-hybridized carbons (Fsp3) is 0.733. The number of rotatable bonds is 3. The van der Waals surface area contributed by atoms with E-state index in [0.29, 0.717) is 17.9 Å². The smallest absolute Gasteiger partial charge is 0.222 e. The maximum atomic E-state index is 5.94. The van der Waals surface area contributed by atoms with Gasteiger partial charge in [0.15, 0.2) is 0 Å². The van der Waals surface area contributed by atoms with Gasteiger partial charge >= 0.3 is 0 Å². The molecule has 5 nitrogen and oxygen atoms in total. The summed E-state index contributed by atoms with van der Waals surface area (Å²) in [5, 5.41) is 3.29. The highest BCUT2D eigenvalue weighted by Crippen LogP contribution is 2.52. The van der Waals surface area contributed by atoms with Crippen LogP contribution in [0.15, 0.2) is 6.07 Å². The minimum atomic E-state index is 0.438. The predicted octanol–water partition coefficient (Wildman–Crippen LogP) is 1.37. The number of aromatic nitrogens is 2. The Kier molecular flexibility index (Phi) is 2.84. The second kappa shape index (κ2) is 4.58. The van der Waals surface area contributed by atoms with E-state index in [2.05, 4.69) is 26.3 Å². The summed E-state index contributed by atoms with van der Waals surface area (Å²) >= 11 is 0. The molecule has 2 aliphatic carbocycles. The van der Waals surface area contributed by atoms with Crippen molar-refractivity contribution in [1.82, 2.24) is 15.3 Å². The first-order valence-electron chi connectivity index (χ1n) is 7.79. The highest BCUT2D eigenvalue weighted by Gasteiger charge is 2.41. The van der Waals surface area contributed by atoms with Crippen LogP contribution >= 0.6 is 0 Å². The standard InChI is InChI=1S/C15H23N5/c1-17-11-7-20(8-11)14-6-13(18-15(16)19-14)12-5-9-2-3-10(12)4-9/h6,9-12,17H,2-5,7-8H2,1H3,(H2,16,18,19)/t9-,10-,12-/m0/s1. The van der Waals surface area contributed by atoms with E-state index in [9.17, 15) is 0 Å². The first-order chi connectivity index (χ1) is 9.72. The quantitative estimate of drug-likeness (QED) is 0.870. The lowest BCUT2D eigenvalue weighted by Crippen LogP contribution is -2.57. The molecule has 4 rings (SSSR count). The van der Waals surface area contributed by atoms with Crippen molar-refractivity contribution in [2.24, 2.45) is 11.8 Å². The van der Waals surface area contributed by atoms with Crippen molar-refractivity contribution in [1.29, 1.82) is 0 Å². The van der Waals surface area contributed by atoms with Crippen molar-refractivity contribution in [2.45, 2.75) is 37.6 Å². The van der Waals surface area contributed by atoms with Crippen molar-refractivity contribution < 1.29 is 0 Å². The second-order valence-corrected chi connectivity index (χ2v) is 6.68. The lowest BCUT2D eigenvalue weighted by molar-refractivity contribution is 0.412. The van der Waals surface area contributed by atoms with Crippen molar-refractivity contribution in [3.8, 4) is 0 Å². The van der Waals surface area contributed by atoms with Gasteiger partial charge in [0, 0.05) is 31.1 Å². The molecule has 2 saturated carbocycles. The Bertz CT molecular complexity index is 511. The molecule has 0 unspecified atom stereocenters. The Balaban J connectivity index is 1.57. The predicted molar refractivity (Wildman–Crippen MR) is 79.7 cm³/mol. The summed E-state index contributed by atoms with van der Waals surface area (Å²) < 4.78 is 0. The van der Waals surface area contributed by atoms with Gasteiger partial charge in [0.05, 0.1) is 5.69 Å². The van der Waals surface area contributed by atoms with Gasteiger partial charge in [-0.1, -0.05) is 6.42 Å². The molecular weight excluding hydrogens is 250 g/mol. The number of nitrogen functional groups attached to an aromatic ring is 1. The van der Waals surface area contributed by atoms with E-state index in [0.717, 1.165) is 30.7 Å². The van der Waals surface area contributed by atoms with Crippen LogP contribution in [0.5, 0.6) is 0 Å².